The second kappa shape index (κ2) is 9.19. The van der Waals surface area contributed by atoms with Gasteiger partial charge in [0.15, 0.2) is 5.76 Å². The Morgan fingerprint density at radius 2 is 2.00 bits per heavy atom. The van der Waals surface area contributed by atoms with Crippen molar-refractivity contribution in [2.75, 3.05) is 19.8 Å². The number of aliphatic hydroxyl groups is 1. The number of nitrogens with zero attached hydrogens (tertiary/aromatic N) is 2. The molecule has 0 aliphatic rings. The van der Waals surface area contributed by atoms with Crippen molar-refractivity contribution in [1.82, 2.24) is 15.5 Å². The van der Waals surface area contributed by atoms with Gasteiger partial charge >= 0.3 is 12.1 Å². The highest BCUT2D eigenvalue weighted by Gasteiger charge is 2.38. The Labute approximate surface area is 184 Å². The van der Waals surface area contributed by atoms with Crippen LogP contribution in [0.5, 0.6) is 5.75 Å². The van der Waals surface area contributed by atoms with E-state index in [4.69, 9.17) is 20.8 Å². The summed E-state index contributed by atoms with van der Waals surface area (Å²) in [7, 11) is 0. The molecule has 0 radical (unpaired) electrons. The van der Waals surface area contributed by atoms with Crippen molar-refractivity contribution in [3.63, 3.8) is 0 Å². The van der Waals surface area contributed by atoms with E-state index in [1.54, 1.807) is 30.3 Å². The van der Waals surface area contributed by atoms with Crippen LogP contribution in [-0.2, 0) is 6.18 Å². The Bertz CT molecular complexity index is 1210. The van der Waals surface area contributed by atoms with E-state index in [1.807, 2.05) is 12.1 Å². The van der Waals surface area contributed by atoms with E-state index in [1.165, 1.54) is 6.07 Å². The first-order valence-corrected chi connectivity index (χ1v) is 9.88. The summed E-state index contributed by atoms with van der Waals surface area (Å²) < 4.78 is 53.4. The molecule has 4 aromatic rings. The second-order valence-electron chi connectivity index (χ2n) is 6.82. The van der Waals surface area contributed by atoms with E-state index in [0.717, 1.165) is 5.56 Å². The molecule has 7 nitrogen and oxygen atoms in total. The van der Waals surface area contributed by atoms with E-state index in [9.17, 15) is 18.3 Å². The molecule has 32 heavy (non-hydrogen) atoms. The number of halogens is 4. The molecule has 0 fully saturated rings. The first kappa shape index (κ1) is 22.1. The van der Waals surface area contributed by atoms with Crippen molar-refractivity contribution in [2.45, 2.75) is 12.2 Å². The number of aliphatic hydroxyl groups excluding tert-OH is 1. The summed E-state index contributed by atoms with van der Waals surface area (Å²) in [4.78, 5) is 3.32. The largest absolute Gasteiger partial charge is 0.492 e. The molecule has 0 saturated carbocycles. The number of rotatable bonds is 8. The van der Waals surface area contributed by atoms with Crippen LogP contribution in [0.1, 0.15) is 17.5 Å². The minimum atomic E-state index is -4.73. The van der Waals surface area contributed by atoms with Gasteiger partial charge in [-0.15, -0.1) is 0 Å². The summed E-state index contributed by atoms with van der Waals surface area (Å²) in [5.41, 5.74) is 1.30. The molecule has 4 rings (SSSR count). The van der Waals surface area contributed by atoms with Gasteiger partial charge in [0.1, 0.15) is 17.9 Å². The molecule has 0 bridgehead atoms. The molecule has 2 N–H and O–H groups in total. The fourth-order valence-electron chi connectivity index (χ4n) is 3.07. The Hall–Kier alpha value is -3.08. The zero-order valence-corrected chi connectivity index (χ0v) is 17.2. The highest BCUT2D eigenvalue weighted by atomic mass is 35.5. The SMILES string of the molecule is OC[C@H](NCCOc1ccc2oc(-c3noc(C(F)(F)F)n3)cc2c1)c1cccc(Cl)c1. The molecule has 0 aliphatic heterocycles. The standard InChI is InChI=1S/C21H17ClF3N3O4/c22-14-3-1-2-12(8-14)16(11-29)26-6-7-30-15-4-5-17-13(9-15)10-18(31-17)19-27-20(32-28-19)21(23,24)25/h1-5,8-10,16,26,29H,6-7,11H2/t16-/m0/s1. The van der Waals surface area contributed by atoms with Crippen molar-refractivity contribution < 1.29 is 32.0 Å². The molecule has 0 amide bonds. The fraction of sp³-hybridized carbons (Fsp3) is 0.238. The van der Waals surface area contributed by atoms with E-state index >= 15 is 0 Å². The van der Waals surface area contributed by atoms with Crippen LogP contribution in [-0.4, -0.2) is 35.0 Å². The van der Waals surface area contributed by atoms with Gasteiger partial charge in [0.25, 0.3) is 0 Å². The molecule has 0 spiro atoms. The highest BCUT2D eigenvalue weighted by Crippen LogP contribution is 2.32. The van der Waals surface area contributed by atoms with Crippen molar-refractivity contribution in [2.24, 2.45) is 0 Å². The number of nitrogens with one attached hydrogen (secondary N) is 1. The van der Waals surface area contributed by atoms with Gasteiger partial charge < -0.3 is 24.1 Å². The Balaban J connectivity index is 1.37. The summed E-state index contributed by atoms with van der Waals surface area (Å²) >= 11 is 5.99. The van der Waals surface area contributed by atoms with E-state index < -0.39 is 12.1 Å². The Kier molecular flexibility index (Phi) is 6.35. The Morgan fingerprint density at radius 1 is 1.16 bits per heavy atom. The van der Waals surface area contributed by atoms with Gasteiger partial charge in [-0.3, -0.25) is 0 Å². The van der Waals surface area contributed by atoms with E-state index in [2.05, 4.69) is 20.0 Å². The maximum atomic E-state index is 12.6. The van der Waals surface area contributed by atoms with Crippen LogP contribution in [0.3, 0.4) is 0 Å². The summed E-state index contributed by atoms with van der Waals surface area (Å²) in [6, 6.07) is 13.4. The smallest absolute Gasteiger partial charge is 0.471 e. The first-order valence-electron chi connectivity index (χ1n) is 9.51. The third-order valence-corrected chi connectivity index (χ3v) is 4.81. The molecule has 2 aromatic heterocycles. The van der Waals surface area contributed by atoms with Gasteiger partial charge in [-0.1, -0.05) is 28.9 Å². The van der Waals surface area contributed by atoms with Crippen molar-refractivity contribution in [3.8, 4) is 17.3 Å². The van der Waals surface area contributed by atoms with Crippen molar-refractivity contribution in [1.29, 1.82) is 0 Å². The Morgan fingerprint density at radius 3 is 2.72 bits per heavy atom. The fourth-order valence-corrected chi connectivity index (χ4v) is 3.27. The van der Waals surface area contributed by atoms with Crippen LogP contribution in [0, 0.1) is 0 Å². The summed E-state index contributed by atoms with van der Waals surface area (Å²) in [6.45, 7) is 0.665. The minimum absolute atomic E-state index is 0.0466. The predicted molar refractivity (Wildman–Crippen MR) is 109 cm³/mol. The second-order valence-corrected chi connectivity index (χ2v) is 7.26. The number of alkyl halides is 3. The molecular formula is C21H17ClF3N3O4. The molecule has 0 saturated heterocycles. The number of hydrogen-bond donors (Lipinski definition) is 2. The maximum Gasteiger partial charge on any atom is 0.471 e. The predicted octanol–water partition coefficient (Wildman–Crippen LogP) is 4.86. The molecule has 2 heterocycles. The lowest BCUT2D eigenvalue weighted by Gasteiger charge is -2.17. The summed E-state index contributed by atoms with van der Waals surface area (Å²) in [5.74, 6) is -1.15. The minimum Gasteiger partial charge on any atom is -0.492 e. The number of fused-ring (bicyclic) bond motifs is 1. The number of hydrogen-bond acceptors (Lipinski definition) is 7. The molecule has 1 atom stereocenters. The highest BCUT2D eigenvalue weighted by molar-refractivity contribution is 6.30. The monoisotopic (exact) mass is 467 g/mol. The van der Waals surface area contributed by atoms with Crippen LogP contribution < -0.4 is 10.1 Å². The maximum absolute atomic E-state index is 12.6. The van der Waals surface area contributed by atoms with Gasteiger partial charge in [0.05, 0.1) is 12.6 Å². The van der Waals surface area contributed by atoms with Crippen LogP contribution >= 0.6 is 11.6 Å². The first-order chi connectivity index (χ1) is 15.3. The number of benzene rings is 2. The average molecular weight is 468 g/mol. The van der Waals surface area contributed by atoms with E-state index in [0.29, 0.717) is 34.9 Å². The molecule has 2 aromatic carbocycles. The molecular weight excluding hydrogens is 451 g/mol. The van der Waals surface area contributed by atoms with Gasteiger partial charge in [-0.2, -0.15) is 18.2 Å². The lowest BCUT2D eigenvalue weighted by Crippen LogP contribution is -2.28. The number of furan rings is 1. The number of aromatic nitrogens is 2. The average Bonchev–Trinajstić information content (AvgIpc) is 3.40. The molecule has 168 valence electrons. The third kappa shape index (κ3) is 5.04. The lowest BCUT2D eigenvalue weighted by molar-refractivity contribution is -0.159. The van der Waals surface area contributed by atoms with Crippen LogP contribution in [0.4, 0.5) is 13.2 Å². The van der Waals surface area contributed by atoms with Crippen LogP contribution in [0.25, 0.3) is 22.6 Å². The topological polar surface area (TPSA) is 93.5 Å². The van der Waals surface area contributed by atoms with Crippen molar-refractivity contribution in [3.05, 3.63) is 65.0 Å². The molecule has 0 unspecified atom stereocenters. The lowest BCUT2D eigenvalue weighted by atomic mass is 10.1. The quantitative estimate of drug-likeness (QED) is 0.357. The van der Waals surface area contributed by atoms with Gasteiger partial charge in [-0.25, -0.2) is 0 Å². The summed E-state index contributed by atoms with van der Waals surface area (Å²) in [6.07, 6.45) is -4.73. The third-order valence-electron chi connectivity index (χ3n) is 4.57. The number of ether oxygens (including phenoxy) is 1. The summed E-state index contributed by atoms with van der Waals surface area (Å²) in [5, 5.41) is 17.3. The zero-order valence-electron chi connectivity index (χ0n) is 16.4. The zero-order chi connectivity index (χ0) is 22.7. The molecule has 11 heteroatoms. The van der Waals surface area contributed by atoms with Gasteiger partial charge in [0.2, 0.25) is 5.82 Å². The normalized spacial score (nSPS) is 12.9. The van der Waals surface area contributed by atoms with Gasteiger partial charge in [-0.05, 0) is 42.0 Å². The van der Waals surface area contributed by atoms with Crippen LogP contribution in [0.15, 0.2) is 57.5 Å². The molecule has 0 aliphatic carbocycles. The van der Waals surface area contributed by atoms with Gasteiger partial charge in [0, 0.05) is 17.0 Å². The van der Waals surface area contributed by atoms with Crippen LogP contribution in [0.2, 0.25) is 5.02 Å². The van der Waals surface area contributed by atoms with Crippen molar-refractivity contribution >= 4 is 22.6 Å². The van der Waals surface area contributed by atoms with E-state index in [-0.39, 0.29) is 24.2 Å².